The fraction of sp³-hybridized carbons (Fsp3) is 0.364. The highest BCUT2D eigenvalue weighted by Crippen LogP contribution is 2.23. The van der Waals surface area contributed by atoms with Crippen LogP contribution in [-0.2, 0) is 13.5 Å². The molecule has 4 heteroatoms. The number of aryl methyl sites for hydroxylation is 2. The summed E-state index contributed by atoms with van der Waals surface area (Å²) in [7, 11) is 2.05. The van der Waals surface area contributed by atoms with Crippen LogP contribution in [0.5, 0.6) is 0 Å². The van der Waals surface area contributed by atoms with E-state index in [1.54, 1.807) is 0 Å². The normalized spacial score (nSPS) is 11.1. The zero-order chi connectivity index (χ0) is 10.8. The summed E-state index contributed by atoms with van der Waals surface area (Å²) in [6.07, 6.45) is 1.92. The Morgan fingerprint density at radius 2 is 2.27 bits per heavy atom. The van der Waals surface area contributed by atoms with Crippen molar-refractivity contribution in [3.63, 3.8) is 0 Å². The van der Waals surface area contributed by atoms with Crippen molar-refractivity contribution in [3.8, 4) is 0 Å². The molecule has 0 radical (unpaired) electrons. The van der Waals surface area contributed by atoms with Crippen molar-refractivity contribution in [2.45, 2.75) is 12.8 Å². The molecule has 1 aromatic carbocycles. The Morgan fingerprint density at radius 3 is 2.93 bits per heavy atom. The van der Waals surface area contributed by atoms with Gasteiger partial charge in [0.1, 0.15) is 11.3 Å². The zero-order valence-electron chi connectivity index (χ0n) is 8.70. The largest absolute Gasteiger partial charge is 0.331 e. The van der Waals surface area contributed by atoms with Crippen LogP contribution in [0.2, 0.25) is 0 Å². The molecule has 1 heterocycles. The van der Waals surface area contributed by atoms with E-state index in [4.69, 9.17) is 5.73 Å². The van der Waals surface area contributed by atoms with E-state index in [-0.39, 0.29) is 0 Å². The molecule has 0 aliphatic rings. The summed E-state index contributed by atoms with van der Waals surface area (Å²) >= 11 is 3.51. The number of nitrogens with zero attached hydrogens (tertiary/aromatic N) is 2. The summed E-state index contributed by atoms with van der Waals surface area (Å²) in [6, 6.07) is 6.13. The van der Waals surface area contributed by atoms with Crippen LogP contribution in [0.15, 0.2) is 22.7 Å². The Bertz CT molecular complexity index is 476. The molecular formula is C11H14BrN3. The molecule has 15 heavy (non-hydrogen) atoms. The lowest BCUT2D eigenvalue weighted by molar-refractivity contribution is 0.741. The van der Waals surface area contributed by atoms with Gasteiger partial charge >= 0.3 is 0 Å². The summed E-state index contributed by atoms with van der Waals surface area (Å²) in [5, 5.41) is 0. The maximum absolute atomic E-state index is 5.50. The minimum Gasteiger partial charge on any atom is -0.331 e. The van der Waals surface area contributed by atoms with E-state index in [2.05, 4.69) is 31.5 Å². The number of benzene rings is 1. The van der Waals surface area contributed by atoms with Gasteiger partial charge in [0.2, 0.25) is 0 Å². The number of halogens is 1. The predicted octanol–water partition coefficient (Wildman–Crippen LogP) is 2.23. The van der Waals surface area contributed by atoms with Crippen molar-refractivity contribution in [2.24, 2.45) is 12.8 Å². The van der Waals surface area contributed by atoms with Crippen LogP contribution in [0.4, 0.5) is 0 Å². The maximum Gasteiger partial charge on any atom is 0.109 e. The van der Waals surface area contributed by atoms with Gasteiger partial charge in [0, 0.05) is 17.9 Å². The number of hydrogen-bond acceptors (Lipinski definition) is 2. The Hall–Kier alpha value is -0.870. The third kappa shape index (κ3) is 1.92. The Kier molecular flexibility index (Phi) is 3.07. The van der Waals surface area contributed by atoms with Crippen LogP contribution < -0.4 is 5.73 Å². The monoisotopic (exact) mass is 267 g/mol. The topological polar surface area (TPSA) is 43.8 Å². The first-order valence-corrected chi connectivity index (χ1v) is 5.83. The first-order chi connectivity index (χ1) is 7.24. The summed E-state index contributed by atoms with van der Waals surface area (Å²) in [5.74, 6) is 1.10. The molecule has 0 bridgehead atoms. The van der Waals surface area contributed by atoms with E-state index in [1.807, 2.05) is 19.2 Å². The number of hydrogen-bond donors (Lipinski definition) is 1. The molecule has 0 saturated heterocycles. The van der Waals surface area contributed by atoms with E-state index in [9.17, 15) is 0 Å². The van der Waals surface area contributed by atoms with Gasteiger partial charge in [-0.3, -0.25) is 0 Å². The molecule has 80 valence electrons. The summed E-state index contributed by atoms with van der Waals surface area (Å²) in [6.45, 7) is 0.713. The average Bonchev–Trinajstić information content (AvgIpc) is 2.55. The minimum absolute atomic E-state index is 0.713. The molecule has 0 amide bonds. The van der Waals surface area contributed by atoms with Gasteiger partial charge in [-0.1, -0.05) is 6.07 Å². The molecule has 3 nitrogen and oxygen atoms in total. The highest BCUT2D eigenvalue weighted by atomic mass is 79.9. The van der Waals surface area contributed by atoms with Crippen molar-refractivity contribution >= 4 is 27.0 Å². The van der Waals surface area contributed by atoms with Crippen molar-refractivity contribution in [1.29, 1.82) is 0 Å². The summed E-state index contributed by atoms with van der Waals surface area (Å²) < 4.78 is 3.19. The van der Waals surface area contributed by atoms with Crippen LogP contribution in [0.1, 0.15) is 12.2 Å². The first-order valence-electron chi connectivity index (χ1n) is 5.04. The average molecular weight is 268 g/mol. The maximum atomic E-state index is 5.50. The van der Waals surface area contributed by atoms with Gasteiger partial charge in [-0.15, -0.1) is 0 Å². The molecule has 0 unspecified atom stereocenters. The van der Waals surface area contributed by atoms with E-state index in [0.717, 1.165) is 34.2 Å². The third-order valence-corrected chi connectivity index (χ3v) is 3.20. The van der Waals surface area contributed by atoms with Crippen molar-refractivity contribution in [2.75, 3.05) is 6.54 Å². The molecule has 0 fully saturated rings. The molecule has 0 aliphatic carbocycles. The molecule has 0 aliphatic heterocycles. The Balaban J connectivity index is 2.49. The van der Waals surface area contributed by atoms with Crippen LogP contribution >= 0.6 is 15.9 Å². The number of imidazole rings is 1. The SMILES string of the molecule is Cn1c(CCCN)nc2c(Br)cccc21. The van der Waals surface area contributed by atoms with Gasteiger partial charge in [-0.2, -0.15) is 0 Å². The number of aromatic nitrogens is 2. The van der Waals surface area contributed by atoms with Crippen LogP contribution in [0.3, 0.4) is 0 Å². The zero-order valence-corrected chi connectivity index (χ0v) is 10.3. The molecular weight excluding hydrogens is 254 g/mol. The van der Waals surface area contributed by atoms with Gasteiger partial charge in [0.15, 0.2) is 0 Å². The van der Waals surface area contributed by atoms with E-state index in [0.29, 0.717) is 6.54 Å². The van der Waals surface area contributed by atoms with Gasteiger partial charge in [-0.25, -0.2) is 4.98 Å². The summed E-state index contributed by atoms with van der Waals surface area (Å²) in [5.41, 5.74) is 7.70. The quantitative estimate of drug-likeness (QED) is 0.927. The highest BCUT2D eigenvalue weighted by Gasteiger charge is 2.08. The number of nitrogens with two attached hydrogens (primary N) is 1. The van der Waals surface area contributed by atoms with E-state index >= 15 is 0 Å². The van der Waals surface area contributed by atoms with Crippen LogP contribution in [0, 0.1) is 0 Å². The standard InChI is InChI=1S/C11H14BrN3/c1-15-9-5-2-4-8(12)11(9)14-10(15)6-3-7-13/h2,4-5H,3,6-7,13H2,1H3. The van der Waals surface area contributed by atoms with Crippen LogP contribution in [0.25, 0.3) is 11.0 Å². The van der Waals surface area contributed by atoms with Crippen molar-refractivity contribution in [1.82, 2.24) is 9.55 Å². The molecule has 2 rings (SSSR count). The minimum atomic E-state index is 0.713. The highest BCUT2D eigenvalue weighted by molar-refractivity contribution is 9.10. The first kappa shape index (κ1) is 10.6. The lowest BCUT2D eigenvalue weighted by Gasteiger charge is -2.00. The lowest BCUT2D eigenvalue weighted by atomic mass is 10.3. The second-order valence-corrected chi connectivity index (χ2v) is 4.44. The molecule has 0 saturated carbocycles. The van der Waals surface area contributed by atoms with Crippen LogP contribution in [-0.4, -0.2) is 16.1 Å². The van der Waals surface area contributed by atoms with Crippen molar-refractivity contribution < 1.29 is 0 Å². The second-order valence-electron chi connectivity index (χ2n) is 3.59. The van der Waals surface area contributed by atoms with E-state index < -0.39 is 0 Å². The molecule has 0 atom stereocenters. The van der Waals surface area contributed by atoms with Gasteiger partial charge in [0.05, 0.1) is 5.52 Å². The Labute approximate surface area is 97.4 Å². The fourth-order valence-electron chi connectivity index (χ4n) is 1.71. The molecule has 1 aromatic heterocycles. The van der Waals surface area contributed by atoms with E-state index in [1.165, 1.54) is 0 Å². The number of rotatable bonds is 3. The predicted molar refractivity (Wildman–Crippen MR) is 65.8 cm³/mol. The second kappa shape index (κ2) is 4.33. The Morgan fingerprint density at radius 1 is 1.47 bits per heavy atom. The summed E-state index contributed by atoms with van der Waals surface area (Å²) in [4.78, 5) is 4.61. The number of para-hydroxylation sites is 1. The number of fused-ring (bicyclic) bond motifs is 1. The third-order valence-electron chi connectivity index (χ3n) is 2.56. The smallest absolute Gasteiger partial charge is 0.109 e. The molecule has 2 N–H and O–H groups in total. The van der Waals surface area contributed by atoms with Gasteiger partial charge in [-0.05, 0) is 41.0 Å². The lowest BCUT2D eigenvalue weighted by Crippen LogP contribution is -2.04. The fourth-order valence-corrected chi connectivity index (χ4v) is 2.16. The molecule has 0 spiro atoms. The van der Waals surface area contributed by atoms with Gasteiger partial charge in [0.25, 0.3) is 0 Å². The van der Waals surface area contributed by atoms with Crippen molar-refractivity contribution in [3.05, 3.63) is 28.5 Å². The van der Waals surface area contributed by atoms with Gasteiger partial charge < -0.3 is 10.3 Å². The molecule has 2 aromatic rings.